The standard InChI is InChI=1S/C14H22N2/c1-9-8-12-13(15)4-3-5-14(12)16(9)10(2)11-6-7-11/h8,10-11,13H,3-7,15H2,1-2H3. The molecule has 1 saturated carbocycles. The second kappa shape index (κ2) is 3.63. The first-order valence-electron chi connectivity index (χ1n) is 6.64. The van der Waals surface area contributed by atoms with Crippen LogP contribution < -0.4 is 5.73 Å². The van der Waals surface area contributed by atoms with E-state index in [0.717, 1.165) is 12.3 Å². The number of aromatic nitrogens is 1. The summed E-state index contributed by atoms with van der Waals surface area (Å²) in [6, 6.07) is 3.31. The van der Waals surface area contributed by atoms with Crippen LogP contribution >= 0.6 is 0 Å². The smallest absolute Gasteiger partial charge is 0.0335 e. The fraction of sp³-hybridized carbons (Fsp3) is 0.714. The van der Waals surface area contributed by atoms with Crippen LogP contribution in [-0.4, -0.2) is 4.57 Å². The van der Waals surface area contributed by atoms with Gasteiger partial charge >= 0.3 is 0 Å². The quantitative estimate of drug-likeness (QED) is 0.812. The summed E-state index contributed by atoms with van der Waals surface area (Å²) >= 11 is 0. The minimum absolute atomic E-state index is 0.287. The zero-order valence-corrected chi connectivity index (χ0v) is 10.4. The number of nitrogens with zero attached hydrogens (tertiary/aromatic N) is 1. The summed E-state index contributed by atoms with van der Waals surface area (Å²) in [5.74, 6) is 0.924. The Kier molecular flexibility index (Phi) is 2.36. The molecule has 1 aromatic heterocycles. The molecule has 1 fully saturated rings. The Labute approximate surface area is 97.8 Å². The van der Waals surface area contributed by atoms with Gasteiger partial charge in [-0.05, 0) is 63.5 Å². The van der Waals surface area contributed by atoms with Crippen LogP contribution in [0.3, 0.4) is 0 Å². The molecule has 2 unspecified atom stereocenters. The van der Waals surface area contributed by atoms with Gasteiger partial charge in [-0.15, -0.1) is 0 Å². The fourth-order valence-electron chi connectivity index (χ4n) is 3.32. The molecular weight excluding hydrogens is 196 g/mol. The third kappa shape index (κ3) is 1.51. The Bertz CT molecular complexity index is 401. The molecule has 0 radical (unpaired) electrons. The lowest BCUT2D eigenvalue weighted by atomic mass is 9.93. The maximum absolute atomic E-state index is 6.21. The van der Waals surface area contributed by atoms with Gasteiger partial charge in [0.2, 0.25) is 0 Å². The van der Waals surface area contributed by atoms with Crippen molar-refractivity contribution >= 4 is 0 Å². The molecule has 2 aliphatic rings. The molecule has 1 aromatic rings. The van der Waals surface area contributed by atoms with E-state index in [0.29, 0.717) is 6.04 Å². The van der Waals surface area contributed by atoms with Crippen molar-refractivity contribution in [3.05, 3.63) is 23.0 Å². The Hall–Kier alpha value is -0.760. The van der Waals surface area contributed by atoms with Crippen molar-refractivity contribution in [1.82, 2.24) is 4.57 Å². The van der Waals surface area contributed by atoms with Crippen molar-refractivity contribution in [3.8, 4) is 0 Å². The summed E-state index contributed by atoms with van der Waals surface area (Å²) in [5, 5.41) is 0. The highest BCUT2D eigenvalue weighted by atomic mass is 15.0. The monoisotopic (exact) mass is 218 g/mol. The van der Waals surface area contributed by atoms with Crippen LogP contribution in [0.2, 0.25) is 0 Å². The predicted octanol–water partition coefficient (Wildman–Crippen LogP) is 3.10. The van der Waals surface area contributed by atoms with Crippen LogP contribution in [0.15, 0.2) is 6.07 Å². The van der Waals surface area contributed by atoms with Gasteiger partial charge in [0.25, 0.3) is 0 Å². The fourth-order valence-corrected chi connectivity index (χ4v) is 3.32. The molecule has 88 valence electrons. The van der Waals surface area contributed by atoms with Crippen LogP contribution in [-0.2, 0) is 6.42 Å². The van der Waals surface area contributed by atoms with Crippen molar-refractivity contribution in [2.45, 2.75) is 58.0 Å². The molecule has 2 aliphatic carbocycles. The summed E-state index contributed by atoms with van der Waals surface area (Å²) in [6.07, 6.45) is 6.48. The molecule has 3 rings (SSSR count). The van der Waals surface area contributed by atoms with Crippen LogP contribution in [0.4, 0.5) is 0 Å². The van der Waals surface area contributed by atoms with Crippen molar-refractivity contribution in [2.24, 2.45) is 11.7 Å². The van der Waals surface area contributed by atoms with E-state index in [2.05, 4.69) is 24.5 Å². The van der Waals surface area contributed by atoms with Gasteiger partial charge in [0, 0.05) is 23.5 Å². The maximum atomic E-state index is 6.21. The van der Waals surface area contributed by atoms with Crippen LogP contribution in [0.5, 0.6) is 0 Å². The predicted molar refractivity (Wildman–Crippen MR) is 66.5 cm³/mol. The highest BCUT2D eigenvalue weighted by Crippen LogP contribution is 2.42. The molecule has 2 atom stereocenters. The van der Waals surface area contributed by atoms with Gasteiger partial charge in [-0.3, -0.25) is 0 Å². The van der Waals surface area contributed by atoms with Gasteiger partial charge in [-0.25, -0.2) is 0 Å². The Morgan fingerprint density at radius 1 is 1.38 bits per heavy atom. The van der Waals surface area contributed by atoms with E-state index in [1.165, 1.54) is 42.6 Å². The van der Waals surface area contributed by atoms with Crippen molar-refractivity contribution < 1.29 is 0 Å². The summed E-state index contributed by atoms with van der Waals surface area (Å²) < 4.78 is 2.58. The van der Waals surface area contributed by atoms with Crippen molar-refractivity contribution in [2.75, 3.05) is 0 Å². The SMILES string of the molecule is Cc1cc2c(n1C(C)C1CC1)CCCC2N. The highest BCUT2D eigenvalue weighted by Gasteiger charge is 2.32. The maximum Gasteiger partial charge on any atom is 0.0335 e. The lowest BCUT2D eigenvalue weighted by Gasteiger charge is -2.24. The average Bonchev–Trinajstić information content (AvgIpc) is 3.02. The third-order valence-electron chi connectivity index (χ3n) is 4.41. The van der Waals surface area contributed by atoms with E-state index in [-0.39, 0.29) is 6.04 Å². The molecule has 0 amide bonds. The first-order valence-corrected chi connectivity index (χ1v) is 6.64. The minimum Gasteiger partial charge on any atom is -0.346 e. The molecular formula is C14H22N2. The largest absolute Gasteiger partial charge is 0.346 e. The number of rotatable bonds is 2. The molecule has 0 saturated heterocycles. The number of hydrogen-bond acceptors (Lipinski definition) is 1. The Morgan fingerprint density at radius 3 is 2.81 bits per heavy atom. The van der Waals surface area contributed by atoms with E-state index >= 15 is 0 Å². The van der Waals surface area contributed by atoms with E-state index in [9.17, 15) is 0 Å². The van der Waals surface area contributed by atoms with Gasteiger partial charge in [0.05, 0.1) is 0 Å². The van der Waals surface area contributed by atoms with Gasteiger partial charge in [-0.1, -0.05) is 0 Å². The van der Waals surface area contributed by atoms with E-state index in [1.807, 2.05) is 0 Å². The Balaban J connectivity index is 2.03. The third-order valence-corrected chi connectivity index (χ3v) is 4.41. The number of fused-ring (bicyclic) bond motifs is 1. The molecule has 2 nitrogen and oxygen atoms in total. The number of hydrogen-bond donors (Lipinski definition) is 1. The second-order valence-corrected chi connectivity index (χ2v) is 5.63. The highest BCUT2D eigenvalue weighted by molar-refractivity contribution is 5.33. The first kappa shape index (κ1) is 10.4. The Morgan fingerprint density at radius 2 is 2.12 bits per heavy atom. The van der Waals surface area contributed by atoms with E-state index in [1.54, 1.807) is 0 Å². The summed E-state index contributed by atoms with van der Waals surface area (Å²) in [5.41, 5.74) is 10.6. The van der Waals surface area contributed by atoms with E-state index < -0.39 is 0 Å². The minimum atomic E-state index is 0.287. The average molecular weight is 218 g/mol. The molecule has 0 aliphatic heterocycles. The van der Waals surface area contributed by atoms with Crippen LogP contribution in [0.1, 0.15) is 61.6 Å². The topological polar surface area (TPSA) is 30.9 Å². The summed E-state index contributed by atoms with van der Waals surface area (Å²) in [7, 11) is 0. The van der Waals surface area contributed by atoms with Crippen molar-refractivity contribution in [3.63, 3.8) is 0 Å². The number of nitrogens with two attached hydrogens (primary N) is 1. The van der Waals surface area contributed by atoms with Crippen LogP contribution in [0.25, 0.3) is 0 Å². The van der Waals surface area contributed by atoms with Gasteiger partial charge in [-0.2, -0.15) is 0 Å². The number of aryl methyl sites for hydroxylation is 1. The molecule has 0 spiro atoms. The second-order valence-electron chi connectivity index (χ2n) is 5.63. The van der Waals surface area contributed by atoms with Gasteiger partial charge < -0.3 is 10.3 Å². The van der Waals surface area contributed by atoms with Gasteiger partial charge in [0.15, 0.2) is 0 Å². The molecule has 0 aromatic carbocycles. The zero-order valence-electron chi connectivity index (χ0n) is 10.4. The molecule has 1 heterocycles. The zero-order chi connectivity index (χ0) is 11.3. The van der Waals surface area contributed by atoms with Crippen molar-refractivity contribution in [1.29, 1.82) is 0 Å². The lowest BCUT2D eigenvalue weighted by molar-refractivity contribution is 0.446. The normalized spacial score (nSPS) is 26.6. The first-order chi connectivity index (χ1) is 7.68. The molecule has 0 bridgehead atoms. The summed E-state index contributed by atoms with van der Waals surface area (Å²) in [4.78, 5) is 0. The van der Waals surface area contributed by atoms with Gasteiger partial charge in [0.1, 0.15) is 0 Å². The van der Waals surface area contributed by atoms with E-state index in [4.69, 9.17) is 5.73 Å². The van der Waals surface area contributed by atoms with Crippen LogP contribution in [0, 0.1) is 12.8 Å². The molecule has 16 heavy (non-hydrogen) atoms. The molecule has 2 heteroatoms. The summed E-state index contributed by atoms with van der Waals surface area (Å²) in [6.45, 7) is 4.62. The molecule has 2 N–H and O–H groups in total. The lowest BCUT2D eigenvalue weighted by Crippen LogP contribution is -2.20.